The lowest BCUT2D eigenvalue weighted by Crippen LogP contribution is -2.31. The number of alkyl halides is 3. The Kier molecular flexibility index (Phi) is 6.56. The Morgan fingerprint density at radius 2 is 1.73 bits per heavy atom. The number of nitrogens with zero attached hydrogens (tertiary/aromatic N) is 2. The molecule has 0 aliphatic rings. The van der Waals surface area contributed by atoms with Gasteiger partial charge in [0.25, 0.3) is 5.56 Å². The number of hydrogen-bond donors (Lipinski definition) is 1. The number of esters is 1. The van der Waals surface area contributed by atoms with E-state index in [1.165, 1.54) is 12.1 Å². The molecule has 0 radical (unpaired) electrons. The SMILES string of the molecule is Cc1cc(C(=O)COC(=O)Cn2ccc(=O)[nH]c2=O)c(C)n1-c1ccc(OC(F)(F)F)cc1. The quantitative estimate of drug-likeness (QED) is 0.423. The lowest BCUT2D eigenvalue weighted by atomic mass is 10.1. The highest BCUT2D eigenvalue weighted by atomic mass is 19.4. The van der Waals surface area contributed by atoms with E-state index in [9.17, 15) is 32.3 Å². The van der Waals surface area contributed by atoms with Gasteiger partial charge >= 0.3 is 18.0 Å². The van der Waals surface area contributed by atoms with Gasteiger partial charge in [0.05, 0.1) is 0 Å². The van der Waals surface area contributed by atoms with E-state index in [0.717, 1.165) is 29.0 Å². The number of aryl methyl sites for hydroxylation is 1. The van der Waals surface area contributed by atoms with Crippen molar-refractivity contribution >= 4 is 11.8 Å². The predicted molar refractivity (Wildman–Crippen MR) is 109 cm³/mol. The van der Waals surface area contributed by atoms with Crippen LogP contribution < -0.4 is 16.0 Å². The molecular formula is C21H18F3N3O6. The second-order valence-corrected chi connectivity index (χ2v) is 6.98. The first-order valence-corrected chi connectivity index (χ1v) is 9.48. The fraction of sp³-hybridized carbons (Fsp3) is 0.238. The zero-order chi connectivity index (χ0) is 24.3. The maximum Gasteiger partial charge on any atom is 0.573 e. The van der Waals surface area contributed by atoms with Crippen molar-refractivity contribution in [3.63, 3.8) is 0 Å². The van der Waals surface area contributed by atoms with Gasteiger partial charge in [-0.2, -0.15) is 0 Å². The van der Waals surface area contributed by atoms with Crippen molar-refractivity contribution in [3.05, 3.63) is 80.4 Å². The average molecular weight is 465 g/mol. The summed E-state index contributed by atoms with van der Waals surface area (Å²) in [7, 11) is 0. The van der Waals surface area contributed by atoms with Crippen molar-refractivity contribution in [2.45, 2.75) is 26.8 Å². The first-order chi connectivity index (χ1) is 15.4. The molecule has 12 heteroatoms. The number of carbonyl (C=O) groups is 2. The van der Waals surface area contributed by atoms with Gasteiger partial charge in [0.2, 0.25) is 5.78 Å². The number of ketones is 1. The van der Waals surface area contributed by atoms with Crippen LogP contribution in [0.2, 0.25) is 0 Å². The fourth-order valence-corrected chi connectivity index (χ4v) is 3.22. The third kappa shape index (κ3) is 5.79. The molecule has 2 aromatic heterocycles. The number of nitrogens with one attached hydrogen (secondary N) is 1. The summed E-state index contributed by atoms with van der Waals surface area (Å²) in [6, 6.07) is 7.77. The molecule has 0 aliphatic heterocycles. The molecule has 0 amide bonds. The molecule has 33 heavy (non-hydrogen) atoms. The Morgan fingerprint density at radius 1 is 1.06 bits per heavy atom. The van der Waals surface area contributed by atoms with E-state index in [-0.39, 0.29) is 11.3 Å². The van der Waals surface area contributed by atoms with E-state index in [1.807, 2.05) is 4.98 Å². The molecule has 1 N–H and O–H groups in total. The molecule has 0 bridgehead atoms. The lowest BCUT2D eigenvalue weighted by molar-refractivity contribution is -0.274. The molecule has 0 atom stereocenters. The highest BCUT2D eigenvalue weighted by Crippen LogP contribution is 2.26. The van der Waals surface area contributed by atoms with Crippen molar-refractivity contribution < 1.29 is 32.2 Å². The molecule has 0 aliphatic carbocycles. The lowest BCUT2D eigenvalue weighted by Gasteiger charge is -2.12. The van der Waals surface area contributed by atoms with Crippen molar-refractivity contribution in [1.29, 1.82) is 0 Å². The molecule has 0 saturated heterocycles. The molecular weight excluding hydrogens is 447 g/mol. The Balaban J connectivity index is 1.69. The van der Waals surface area contributed by atoms with E-state index < -0.39 is 42.5 Å². The van der Waals surface area contributed by atoms with Crippen molar-refractivity contribution in [3.8, 4) is 11.4 Å². The standard InChI is InChI=1S/C21H18F3N3O6/c1-12-9-16(13(2)27(12)14-3-5-15(6-4-14)33-21(22,23)24)17(28)11-32-19(30)10-26-8-7-18(29)25-20(26)31/h3-9H,10-11H2,1-2H3,(H,25,29,31). The number of H-pyrrole nitrogens is 1. The summed E-state index contributed by atoms with van der Waals surface area (Å²) >= 11 is 0. The van der Waals surface area contributed by atoms with Gasteiger partial charge in [-0.15, -0.1) is 13.2 Å². The summed E-state index contributed by atoms with van der Waals surface area (Å²) in [5, 5.41) is 0. The number of carbonyl (C=O) groups excluding carboxylic acids is 2. The normalized spacial score (nSPS) is 11.3. The number of benzene rings is 1. The van der Waals surface area contributed by atoms with E-state index in [1.54, 1.807) is 24.5 Å². The summed E-state index contributed by atoms with van der Waals surface area (Å²) in [4.78, 5) is 49.2. The Bertz CT molecular complexity index is 1300. The smallest absolute Gasteiger partial charge is 0.456 e. The van der Waals surface area contributed by atoms with Crippen LogP contribution in [0, 0.1) is 13.8 Å². The maximum absolute atomic E-state index is 12.6. The molecule has 0 fully saturated rings. The third-order valence-electron chi connectivity index (χ3n) is 4.62. The second-order valence-electron chi connectivity index (χ2n) is 6.98. The van der Waals surface area contributed by atoms with Gasteiger partial charge in [-0.05, 0) is 44.2 Å². The fourth-order valence-electron chi connectivity index (χ4n) is 3.22. The van der Waals surface area contributed by atoms with Gasteiger partial charge in [-0.25, -0.2) is 4.79 Å². The second kappa shape index (κ2) is 9.18. The monoisotopic (exact) mass is 465 g/mol. The van der Waals surface area contributed by atoms with Crippen LogP contribution in [-0.2, 0) is 16.1 Å². The first kappa shape index (κ1) is 23.6. The van der Waals surface area contributed by atoms with Crippen LogP contribution in [0.3, 0.4) is 0 Å². The predicted octanol–water partition coefficient (Wildman–Crippen LogP) is 2.27. The van der Waals surface area contributed by atoms with E-state index in [0.29, 0.717) is 17.1 Å². The van der Waals surface area contributed by atoms with Crippen molar-refractivity contribution in [2.75, 3.05) is 6.61 Å². The molecule has 2 heterocycles. The Labute approximate surface area is 184 Å². The van der Waals surface area contributed by atoms with Crippen LogP contribution in [-0.4, -0.2) is 38.8 Å². The van der Waals surface area contributed by atoms with Crippen LogP contribution in [0.1, 0.15) is 21.7 Å². The van der Waals surface area contributed by atoms with Crippen LogP contribution in [0.15, 0.2) is 52.2 Å². The third-order valence-corrected chi connectivity index (χ3v) is 4.62. The summed E-state index contributed by atoms with van der Waals surface area (Å²) in [6.45, 7) is 2.27. The van der Waals surface area contributed by atoms with Crippen LogP contribution >= 0.6 is 0 Å². The molecule has 3 aromatic rings. The number of aromatic amines is 1. The van der Waals surface area contributed by atoms with Gasteiger partial charge in [0.15, 0.2) is 6.61 Å². The molecule has 3 rings (SSSR count). The molecule has 9 nitrogen and oxygen atoms in total. The molecule has 0 spiro atoms. The molecule has 1 aromatic carbocycles. The molecule has 0 unspecified atom stereocenters. The van der Waals surface area contributed by atoms with Gasteiger partial charge < -0.3 is 14.0 Å². The zero-order valence-electron chi connectivity index (χ0n) is 17.4. The van der Waals surface area contributed by atoms with E-state index in [4.69, 9.17) is 4.74 Å². The topological polar surface area (TPSA) is 112 Å². The number of ether oxygens (including phenoxy) is 2. The number of Topliss-reactive ketones (excluding diaryl/α,β-unsaturated/α-hetero) is 1. The van der Waals surface area contributed by atoms with Gasteiger partial charge in [0, 0.05) is 34.9 Å². The summed E-state index contributed by atoms with van der Waals surface area (Å²) < 4.78 is 48.4. The number of hydrogen-bond acceptors (Lipinski definition) is 6. The zero-order valence-corrected chi connectivity index (χ0v) is 17.4. The molecule has 174 valence electrons. The van der Waals surface area contributed by atoms with E-state index >= 15 is 0 Å². The van der Waals surface area contributed by atoms with Crippen LogP contribution in [0.25, 0.3) is 5.69 Å². The number of halogens is 3. The van der Waals surface area contributed by atoms with Crippen molar-refractivity contribution in [1.82, 2.24) is 14.1 Å². The Hall–Kier alpha value is -4.09. The maximum atomic E-state index is 12.6. The molecule has 0 saturated carbocycles. The highest BCUT2D eigenvalue weighted by molar-refractivity contribution is 5.99. The summed E-state index contributed by atoms with van der Waals surface area (Å²) in [6.07, 6.45) is -3.67. The average Bonchev–Trinajstić information content (AvgIpc) is 3.02. The number of aromatic nitrogens is 3. The summed E-state index contributed by atoms with van der Waals surface area (Å²) in [5.41, 5.74) is 0.491. The van der Waals surface area contributed by atoms with Gasteiger partial charge in [-0.3, -0.25) is 23.9 Å². The minimum absolute atomic E-state index is 0.261. The van der Waals surface area contributed by atoms with Gasteiger partial charge in [-0.1, -0.05) is 0 Å². The first-order valence-electron chi connectivity index (χ1n) is 9.48. The van der Waals surface area contributed by atoms with Gasteiger partial charge in [0.1, 0.15) is 12.3 Å². The largest absolute Gasteiger partial charge is 0.573 e. The van der Waals surface area contributed by atoms with Crippen LogP contribution in [0.5, 0.6) is 5.75 Å². The Morgan fingerprint density at radius 3 is 2.33 bits per heavy atom. The summed E-state index contributed by atoms with van der Waals surface area (Å²) in [5.74, 6) is -1.74. The minimum atomic E-state index is -4.80. The number of rotatable bonds is 7. The minimum Gasteiger partial charge on any atom is -0.456 e. The highest BCUT2D eigenvalue weighted by Gasteiger charge is 2.31. The van der Waals surface area contributed by atoms with Crippen LogP contribution in [0.4, 0.5) is 13.2 Å². The van der Waals surface area contributed by atoms with Crippen molar-refractivity contribution in [2.24, 2.45) is 0 Å². The van der Waals surface area contributed by atoms with E-state index in [2.05, 4.69) is 4.74 Å².